The summed E-state index contributed by atoms with van der Waals surface area (Å²) in [7, 11) is 2.99. The van der Waals surface area contributed by atoms with Gasteiger partial charge in [-0.1, -0.05) is 30.0 Å². The zero-order valence-electron chi connectivity index (χ0n) is 21.5. The average molecular weight is 583 g/mol. The molecule has 17 heteroatoms. The Morgan fingerprint density at radius 1 is 1.26 bits per heavy atom. The predicted molar refractivity (Wildman–Crippen MR) is 134 cm³/mol. The number of aliphatic carboxylic acids is 1. The first-order valence-corrected chi connectivity index (χ1v) is 13.3. The largest absolute Gasteiger partial charge is 1.00 e. The Hall–Kier alpha value is -2.92. The van der Waals surface area contributed by atoms with Crippen LogP contribution in [0.3, 0.4) is 0 Å². The maximum atomic E-state index is 12.9. The summed E-state index contributed by atoms with van der Waals surface area (Å²) in [5, 5.41) is 28.2. The Labute approximate surface area is 253 Å². The predicted octanol–water partition coefficient (Wildman–Crippen LogP) is -4.04. The van der Waals surface area contributed by atoms with Crippen LogP contribution in [0.5, 0.6) is 0 Å². The third-order valence-corrected chi connectivity index (χ3v) is 8.34. The number of tetrazole rings is 1. The molecule has 1 fully saturated rings. The van der Waals surface area contributed by atoms with Crippen LogP contribution in [-0.4, -0.2) is 89.7 Å². The Kier molecular flexibility index (Phi) is 10.2. The Bertz CT molecular complexity index is 1350. The second kappa shape index (κ2) is 13.0. The monoisotopic (exact) mass is 582 g/mol. The number of rotatable bonds is 8. The van der Waals surface area contributed by atoms with Crippen molar-refractivity contribution in [3.63, 3.8) is 0 Å². The van der Waals surface area contributed by atoms with Crippen molar-refractivity contribution in [3.05, 3.63) is 41.1 Å². The van der Waals surface area contributed by atoms with Gasteiger partial charge in [0, 0.05) is 38.2 Å². The van der Waals surface area contributed by atoms with Crippen LogP contribution in [0.4, 0.5) is 10.5 Å². The Morgan fingerprint density at radius 3 is 2.62 bits per heavy atom. The molecule has 14 nitrogen and oxygen atoms in total. The second-order valence-corrected chi connectivity index (χ2v) is 10.5. The van der Waals surface area contributed by atoms with Crippen molar-refractivity contribution >= 4 is 58.9 Å². The number of carbonyl (C=O) groups is 5. The smallest absolute Gasteiger partial charge is 0.543 e. The first kappa shape index (κ1) is 30.6. The number of hydrogen-bond donors (Lipinski definition) is 2. The summed E-state index contributed by atoms with van der Waals surface area (Å²) >= 11 is 2.57. The molecule has 39 heavy (non-hydrogen) atoms. The first-order chi connectivity index (χ1) is 18.1. The SMILES string of the molecule is CC(=O)N(C)C(=O)Nc1ccccc1CC(=O)NC1C(=O)N2C(C(=O)[O-])=C(CSc3nnnn3C)CS[C@H]12.[Na+]. The van der Waals surface area contributed by atoms with E-state index in [0.29, 0.717) is 27.7 Å². The van der Waals surface area contributed by atoms with Crippen LogP contribution in [0.2, 0.25) is 0 Å². The van der Waals surface area contributed by atoms with E-state index in [1.54, 1.807) is 31.3 Å². The van der Waals surface area contributed by atoms with Gasteiger partial charge in [-0.25, -0.2) is 9.48 Å². The summed E-state index contributed by atoms with van der Waals surface area (Å²) in [6, 6.07) is 5.02. The van der Waals surface area contributed by atoms with Gasteiger partial charge in [0.15, 0.2) is 0 Å². The summed E-state index contributed by atoms with van der Waals surface area (Å²) < 4.78 is 1.45. The maximum Gasteiger partial charge on any atom is 1.00 e. The zero-order chi connectivity index (χ0) is 27.6. The first-order valence-electron chi connectivity index (χ1n) is 11.2. The molecule has 2 N–H and O–H groups in total. The number of hydrogen-bond acceptors (Lipinski definition) is 11. The molecular weight excluding hydrogens is 559 g/mol. The molecule has 1 unspecified atom stereocenters. The molecule has 1 aromatic heterocycles. The van der Waals surface area contributed by atoms with E-state index in [9.17, 15) is 29.1 Å². The number of aryl methyl sites for hydroxylation is 1. The summed E-state index contributed by atoms with van der Waals surface area (Å²) in [4.78, 5) is 63.4. The van der Waals surface area contributed by atoms with E-state index in [1.807, 2.05) is 0 Å². The Morgan fingerprint density at radius 2 is 1.97 bits per heavy atom. The fourth-order valence-electron chi connectivity index (χ4n) is 3.81. The maximum absolute atomic E-state index is 12.9. The molecule has 0 bridgehead atoms. The van der Waals surface area contributed by atoms with Gasteiger partial charge in [0.25, 0.3) is 5.91 Å². The van der Waals surface area contributed by atoms with Crippen LogP contribution >= 0.6 is 23.5 Å². The van der Waals surface area contributed by atoms with Gasteiger partial charge in [0.1, 0.15) is 11.4 Å². The van der Waals surface area contributed by atoms with Gasteiger partial charge in [-0.15, -0.1) is 16.9 Å². The number of carbonyl (C=O) groups excluding carboxylic acids is 5. The summed E-state index contributed by atoms with van der Waals surface area (Å²) in [6.45, 7) is 1.25. The van der Waals surface area contributed by atoms with Crippen LogP contribution in [0.15, 0.2) is 40.7 Å². The zero-order valence-corrected chi connectivity index (χ0v) is 25.2. The Balaban J connectivity index is 0.00000420. The number of benzene rings is 1. The number of anilines is 1. The molecule has 0 aliphatic carbocycles. The van der Waals surface area contributed by atoms with E-state index in [-0.39, 0.29) is 47.4 Å². The molecular formula is C22H23N8NaO6S2. The number of aromatic nitrogens is 4. The van der Waals surface area contributed by atoms with Crippen molar-refractivity contribution in [3.8, 4) is 0 Å². The van der Waals surface area contributed by atoms with Gasteiger partial charge in [0.05, 0.1) is 18.1 Å². The van der Waals surface area contributed by atoms with Crippen molar-refractivity contribution in [2.24, 2.45) is 7.05 Å². The van der Waals surface area contributed by atoms with Gasteiger partial charge in [0.2, 0.25) is 17.0 Å². The third-order valence-electron chi connectivity index (χ3n) is 5.90. The van der Waals surface area contributed by atoms with Crippen molar-refractivity contribution < 1.29 is 58.6 Å². The van der Waals surface area contributed by atoms with Gasteiger partial charge in [-0.05, 0) is 27.6 Å². The molecule has 3 heterocycles. The number of thioether (sulfide) groups is 2. The van der Waals surface area contributed by atoms with E-state index >= 15 is 0 Å². The minimum absolute atomic E-state index is 0. The van der Waals surface area contributed by atoms with Crippen LogP contribution in [-0.2, 0) is 32.6 Å². The normalized spacial score (nSPS) is 17.9. The molecule has 0 radical (unpaired) electrons. The molecule has 4 rings (SSSR count). The topological polar surface area (TPSA) is 183 Å². The van der Waals surface area contributed by atoms with Gasteiger partial charge >= 0.3 is 35.6 Å². The van der Waals surface area contributed by atoms with E-state index in [4.69, 9.17) is 0 Å². The number of amides is 5. The van der Waals surface area contributed by atoms with E-state index in [0.717, 1.165) is 9.80 Å². The molecule has 1 saturated heterocycles. The fourth-order valence-corrected chi connectivity index (χ4v) is 6.15. The number of para-hydroxylation sites is 1. The fraction of sp³-hybridized carbons (Fsp3) is 0.364. The molecule has 200 valence electrons. The number of carboxylic acid groups (broad SMARTS) is 1. The molecule has 1 aromatic carbocycles. The van der Waals surface area contributed by atoms with Crippen LogP contribution < -0.4 is 45.3 Å². The molecule has 0 saturated carbocycles. The number of urea groups is 1. The minimum atomic E-state index is -1.47. The van der Waals surface area contributed by atoms with Gasteiger partial charge < -0.3 is 20.5 Å². The molecule has 2 aliphatic rings. The summed E-state index contributed by atoms with van der Waals surface area (Å²) in [5.74, 6) is -2.39. The number of imide groups is 1. The van der Waals surface area contributed by atoms with Gasteiger partial charge in [-0.2, -0.15) is 0 Å². The van der Waals surface area contributed by atoms with E-state index in [1.165, 1.54) is 42.2 Å². The molecule has 2 atom stereocenters. The van der Waals surface area contributed by atoms with Crippen molar-refractivity contribution in [1.29, 1.82) is 0 Å². The number of fused-ring (bicyclic) bond motifs is 1. The number of nitrogens with zero attached hydrogens (tertiary/aromatic N) is 6. The number of nitrogens with one attached hydrogen (secondary N) is 2. The minimum Gasteiger partial charge on any atom is -0.543 e. The number of carboxylic acids is 1. The summed E-state index contributed by atoms with van der Waals surface area (Å²) in [6.07, 6.45) is -0.155. The van der Waals surface area contributed by atoms with Crippen LogP contribution in [0, 0.1) is 0 Å². The summed E-state index contributed by atoms with van der Waals surface area (Å²) in [5.41, 5.74) is 1.12. The molecule has 2 aromatic rings. The second-order valence-electron chi connectivity index (χ2n) is 8.41. The number of β-lactam (4-membered cyclic amide) rings is 1. The van der Waals surface area contributed by atoms with E-state index in [2.05, 4.69) is 26.2 Å². The van der Waals surface area contributed by atoms with Crippen LogP contribution in [0.1, 0.15) is 12.5 Å². The third kappa shape index (κ3) is 6.63. The quantitative estimate of drug-likeness (QED) is 0.176. The van der Waals surface area contributed by atoms with Gasteiger partial charge in [-0.3, -0.25) is 24.2 Å². The molecule has 0 spiro atoms. The molecule has 5 amide bonds. The van der Waals surface area contributed by atoms with Crippen molar-refractivity contribution in [1.82, 2.24) is 35.3 Å². The van der Waals surface area contributed by atoms with Crippen molar-refractivity contribution in [2.75, 3.05) is 23.9 Å². The average Bonchev–Trinajstić information content (AvgIpc) is 3.30. The molecule has 2 aliphatic heterocycles. The van der Waals surface area contributed by atoms with Crippen LogP contribution in [0.25, 0.3) is 0 Å². The standard InChI is InChI=1S/C22H24N8O6S2.Na/c1-11(31)28(2)21(36)23-14-7-5-4-6-12(14)8-15(32)24-16-18(33)30-17(20(34)35)13(9-37-19(16)30)10-38-22-25-26-27-29(22)3;/h4-7,16,19H,8-10H2,1-3H3,(H,23,36)(H,24,32)(H,34,35);/q;+1/p-1/t16?,19-;/m1./s1. The van der Waals surface area contributed by atoms with Crippen molar-refractivity contribution in [2.45, 2.75) is 29.9 Å². The van der Waals surface area contributed by atoms with E-state index < -0.39 is 41.1 Å².